The van der Waals surface area contributed by atoms with E-state index in [0.717, 1.165) is 0 Å². The van der Waals surface area contributed by atoms with Crippen molar-refractivity contribution in [2.75, 3.05) is 47.5 Å². The van der Waals surface area contributed by atoms with E-state index in [1.807, 2.05) is 0 Å². The summed E-state index contributed by atoms with van der Waals surface area (Å²) in [6.45, 7) is 5.60. The molecule has 0 saturated carbocycles. The molecule has 2 amide bonds. The van der Waals surface area contributed by atoms with Gasteiger partial charge in [0.05, 0.1) is 33.5 Å². The average molecular weight is 395 g/mol. The van der Waals surface area contributed by atoms with Gasteiger partial charge in [-0.3, -0.25) is 4.79 Å². The van der Waals surface area contributed by atoms with Crippen molar-refractivity contribution < 1.29 is 28.5 Å². The van der Waals surface area contributed by atoms with Crippen molar-refractivity contribution in [1.82, 2.24) is 15.5 Å². The van der Waals surface area contributed by atoms with E-state index in [0.29, 0.717) is 42.4 Å². The number of ether oxygens (including phenoxy) is 4. The summed E-state index contributed by atoms with van der Waals surface area (Å²) in [6, 6.07) is 3.05. The van der Waals surface area contributed by atoms with Crippen LogP contribution < -0.4 is 24.8 Å². The minimum atomic E-state index is -0.499. The number of carbonyl (C=O) groups excluding carboxylic acids is 2. The quantitative estimate of drug-likeness (QED) is 0.717. The number of rotatable bonds is 7. The Morgan fingerprint density at radius 2 is 1.82 bits per heavy atom. The molecule has 0 spiro atoms. The van der Waals surface area contributed by atoms with E-state index < -0.39 is 6.09 Å². The van der Waals surface area contributed by atoms with E-state index in [2.05, 4.69) is 10.6 Å². The third-order valence-corrected chi connectivity index (χ3v) is 4.35. The molecule has 1 aromatic rings. The minimum absolute atomic E-state index is 0.176. The van der Waals surface area contributed by atoms with Gasteiger partial charge in [0.1, 0.15) is 0 Å². The van der Waals surface area contributed by atoms with Crippen LogP contribution in [0.1, 0.15) is 24.2 Å². The fourth-order valence-corrected chi connectivity index (χ4v) is 3.04. The summed E-state index contributed by atoms with van der Waals surface area (Å²) in [5.74, 6) is 1.08. The molecule has 1 aliphatic rings. The first-order chi connectivity index (χ1) is 13.4. The number of amides is 2. The van der Waals surface area contributed by atoms with Gasteiger partial charge in [-0.15, -0.1) is 0 Å². The lowest BCUT2D eigenvalue weighted by Crippen LogP contribution is -2.57. The number of alkyl carbamates (subject to hydrolysis) is 1. The summed E-state index contributed by atoms with van der Waals surface area (Å²) in [7, 11) is 4.52. The molecule has 1 fully saturated rings. The van der Waals surface area contributed by atoms with Crippen LogP contribution in [0, 0.1) is 0 Å². The van der Waals surface area contributed by atoms with Crippen molar-refractivity contribution in [2.45, 2.75) is 26.0 Å². The van der Waals surface area contributed by atoms with Crippen LogP contribution in [0.3, 0.4) is 0 Å². The molecule has 1 aromatic carbocycles. The maximum atomic E-state index is 13.2. The summed E-state index contributed by atoms with van der Waals surface area (Å²) in [6.07, 6.45) is -0.706. The van der Waals surface area contributed by atoms with Gasteiger partial charge in [0.15, 0.2) is 11.5 Å². The monoisotopic (exact) mass is 395 g/mol. The first kappa shape index (κ1) is 21.6. The lowest BCUT2D eigenvalue weighted by molar-refractivity contribution is 0.0621. The van der Waals surface area contributed by atoms with Gasteiger partial charge in [0, 0.05) is 31.7 Å². The molecule has 1 atom stereocenters. The number of carbonyl (C=O) groups is 2. The van der Waals surface area contributed by atoms with E-state index >= 15 is 0 Å². The van der Waals surface area contributed by atoms with E-state index in [1.165, 1.54) is 21.3 Å². The van der Waals surface area contributed by atoms with Crippen LogP contribution in [0.4, 0.5) is 4.79 Å². The van der Waals surface area contributed by atoms with E-state index in [4.69, 9.17) is 18.9 Å². The van der Waals surface area contributed by atoms with Gasteiger partial charge < -0.3 is 34.5 Å². The summed E-state index contributed by atoms with van der Waals surface area (Å²) < 4.78 is 21.1. The zero-order valence-electron chi connectivity index (χ0n) is 17.0. The summed E-state index contributed by atoms with van der Waals surface area (Å²) >= 11 is 0. The molecule has 0 aliphatic carbocycles. The standard InChI is InChI=1S/C19H29N3O6/c1-12(2)28-19(24)21-11-14-10-20-6-7-22(14)18(23)13-8-15(25-3)17(27-5)16(9-13)26-4/h8-9,12,14,20H,6-7,10-11H2,1-5H3,(H,21,24). The molecule has 1 saturated heterocycles. The smallest absolute Gasteiger partial charge is 0.407 e. The zero-order valence-corrected chi connectivity index (χ0v) is 17.0. The first-order valence-electron chi connectivity index (χ1n) is 9.17. The SMILES string of the molecule is COc1cc(C(=O)N2CCNCC2CNC(=O)OC(C)C)cc(OC)c1OC. The van der Waals surface area contributed by atoms with Crippen molar-refractivity contribution in [3.63, 3.8) is 0 Å². The van der Waals surface area contributed by atoms with Gasteiger partial charge in [-0.2, -0.15) is 0 Å². The van der Waals surface area contributed by atoms with Gasteiger partial charge in [0.2, 0.25) is 5.75 Å². The van der Waals surface area contributed by atoms with Crippen molar-refractivity contribution in [3.8, 4) is 17.2 Å². The molecule has 1 unspecified atom stereocenters. The maximum absolute atomic E-state index is 13.2. The molecule has 156 valence electrons. The molecule has 0 aromatic heterocycles. The highest BCUT2D eigenvalue weighted by atomic mass is 16.6. The molecule has 2 rings (SSSR count). The van der Waals surface area contributed by atoms with Crippen molar-refractivity contribution >= 4 is 12.0 Å². The molecule has 1 heterocycles. The second kappa shape index (κ2) is 10.0. The van der Waals surface area contributed by atoms with Crippen LogP contribution in [-0.2, 0) is 4.74 Å². The van der Waals surface area contributed by atoms with Gasteiger partial charge in [0.25, 0.3) is 5.91 Å². The Kier molecular flexibility index (Phi) is 7.74. The predicted octanol–water partition coefficient (Wildman–Crippen LogP) is 1.26. The fourth-order valence-electron chi connectivity index (χ4n) is 3.04. The Balaban J connectivity index is 2.19. The molecule has 2 N–H and O–H groups in total. The lowest BCUT2D eigenvalue weighted by atomic mass is 10.1. The molecular weight excluding hydrogens is 366 g/mol. The zero-order chi connectivity index (χ0) is 20.7. The Hall–Kier alpha value is -2.68. The normalized spacial score (nSPS) is 16.5. The molecule has 0 bridgehead atoms. The number of hydrogen-bond donors (Lipinski definition) is 2. The van der Waals surface area contributed by atoms with E-state index in [1.54, 1.807) is 30.9 Å². The Morgan fingerprint density at radius 3 is 2.36 bits per heavy atom. The number of piperazine rings is 1. The Labute approximate surface area is 165 Å². The van der Waals surface area contributed by atoms with Crippen LogP contribution in [0.25, 0.3) is 0 Å². The molecule has 28 heavy (non-hydrogen) atoms. The number of hydrogen-bond acceptors (Lipinski definition) is 7. The number of nitrogens with zero attached hydrogens (tertiary/aromatic N) is 1. The third kappa shape index (κ3) is 5.19. The van der Waals surface area contributed by atoms with Crippen LogP contribution in [0.15, 0.2) is 12.1 Å². The number of methoxy groups -OCH3 is 3. The highest BCUT2D eigenvalue weighted by molar-refractivity contribution is 5.96. The van der Waals surface area contributed by atoms with Crippen LogP contribution >= 0.6 is 0 Å². The van der Waals surface area contributed by atoms with Crippen LogP contribution in [-0.4, -0.2) is 76.6 Å². The molecule has 1 aliphatic heterocycles. The molecule has 9 heteroatoms. The van der Waals surface area contributed by atoms with Gasteiger partial charge in [-0.1, -0.05) is 0 Å². The van der Waals surface area contributed by atoms with Gasteiger partial charge >= 0.3 is 6.09 Å². The van der Waals surface area contributed by atoms with Crippen molar-refractivity contribution in [1.29, 1.82) is 0 Å². The van der Waals surface area contributed by atoms with E-state index in [-0.39, 0.29) is 24.6 Å². The lowest BCUT2D eigenvalue weighted by Gasteiger charge is -2.36. The van der Waals surface area contributed by atoms with Crippen LogP contribution in [0.2, 0.25) is 0 Å². The minimum Gasteiger partial charge on any atom is -0.493 e. The Bertz CT molecular complexity index is 669. The maximum Gasteiger partial charge on any atom is 0.407 e. The predicted molar refractivity (Wildman–Crippen MR) is 103 cm³/mol. The number of benzene rings is 1. The summed E-state index contributed by atoms with van der Waals surface area (Å²) in [4.78, 5) is 26.7. The molecular formula is C19H29N3O6. The summed E-state index contributed by atoms with van der Waals surface area (Å²) in [5, 5.41) is 5.96. The van der Waals surface area contributed by atoms with Crippen molar-refractivity contribution in [2.24, 2.45) is 0 Å². The van der Waals surface area contributed by atoms with Gasteiger partial charge in [-0.05, 0) is 26.0 Å². The molecule has 0 radical (unpaired) electrons. The summed E-state index contributed by atoms with van der Waals surface area (Å²) in [5.41, 5.74) is 0.422. The highest BCUT2D eigenvalue weighted by Gasteiger charge is 2.29. The van der Waals surface area contributed by atoms with Crippen LogP contribution in [0.5, 0.6) is 17.2 Å². The number of nitrogens with one attached hydrogen (secondary N) is 2. The Morgan fingerprint density at radius 1 is 1.18 bits per heavy atom. The third-order valence-electron chi connectivity index (χ3n) is 4.35. The van der Waals surface area contributed by atoms with E-state index in [9.17, 15) is 9.59 Å². The fraction of sp³-hybridized carbons (Fsp3) is 0.579. The van der Waals surface area contributed by atoms with Crippen molar-refractivity contribution in [3.05, 3.63) is 17.7 Å². The first-order valence-corrected chi connectivity index (χ1v) is 9.17. The topological polar surface area (TPSA) is 98.4 Å². The largest absolute Gasteiger partial charge is 0.493 e. The average Bonchev–Trinajstić information content (AvgIpc) is 2.70. The second-order valence-electron chi connectivity index (χ2n) is 6.61. The van der Waals surface area contributed by atoms with Gasteiger partial charge in [-0.25, -0.2) is 4.79 Å². The second-order valence-corrected chi connectivity index (χ2v) is 6.61. The highest BCUT2D eigenvalue weighted by Crippen LogP contribution is 2.38. The molecule has 9 nitrogen and oxygen atoms in total.